The van der Waals surface area contributed by atoms with E-state index in [0.717, 1.165) is 0 Å². The van der Waals surface area contributed by atoms with E-state index < -0.39 is 11.5 Å². The summed E-state index contributed by atoms with van der Waals surface area (Å²) in [5.74, 6) is 0.268. The van der Waals surface area contributed by atoms with Crippen molar-refractivity contribution in [1.82, 2.24) is 4.98 Å². The molecule has 1 rings (SSSR count). The number of nitrogens with one attached hydrogen (secondary N) is 1. The number of rotatable bonds is 6. The first-order chi connectivity index (χ1) is 8.32. The van der Waals surface area contributed by atoms with Crippen LogP contribution in [0, 0.1) is 5.92 Å². The Labute approximate surface area is 107 Å². The highest BCUT2D eigenvalue weighted by Gasteiger charge is 2.22. The lowest BCUT2D eigenvalue weighted by molar-refractivity contribution is 0.0514. The molecular weight excluding hydrogens is 230 g/mol. The van der Waals surface area contributed by atoms with Crippen LogP contribution in [0.2, 0.25) is 0 Å². The van der Waals surface area contributed by atoms with Crippen LogP contribution < -0.4 is 11.1 Å². The number of carbonyl (C=O) groups excluding carboxylic acids is 1. The summed E-state index contributed by atoms with van der Waals surface area (Å²) in [5.41, 5.74) is 4.74. The minimum absolute atomic E-state index is 0.322. The van der Waals surface area contributed by atoms with Crippen molar-refractivity contribution < 1.29 is 9.90 Å². The lowest BCUT2D eigenvalue weighted by atomic mass is 9.94. The van der Waals surface area contributed by atoms with Gasteiger partial charge in [0, 0.05) is 12.7 Å². The molecule has 1 aromatic rings. The Morgan fingerprint density at radius 2 is 2.28 bits per heavy atom. The molecule has 5 nitrogen and oxygen atoms in total. The lowest BCUT2D eigenvalue weighted by Crippen LogP contribution is -2.35. The fourth-order valence-electron chi connectivity index (χ4n) is 1.97. The number of aliphatic hydroxyl groups is 1. The number of amides is 1. The number of carbonyl (C=O) groups is 1. The Kier molecular flexibility index (Phi) is 4.67. The highest BCUT2D eigenvalue weighted by atomic mass is 16.3. The summed E-state index contributed by atoms with van der Waals surface area (Å²) in [5, 5.41) is 13.1. The number of pyridine rings is 1. The molecule has 0 radical (unpaired) electrons. The van der Waals surface area contributed by atoms with Crippen LogP contribution in [0.15, 0.2) is 18.3 Å². The second kappa shape index (κ2) is 5.82. The Balaban J connectivity index is 2.71. The van der Waals surface area contributed by atoms with Crippen molar-refractivity contribution in [3.63, 3.8) is 0 Å². The van der Waals surface area contributed by atoms with Crippen LogP contribution in [0.5, 0.6) is 0 Å². The van der Waals surface area contributed by atoms with E-state index in [9.17, 15) is 9.90 Å². The van der Waals surface area contributed by atoms with Gasteiger partial charge in [-0.3, -0.25) is 4.79 Å². The van der Waals surface area contributed by atoms with E-state index >= 15 is 0 Å². The summed E-state index contributed by atoms with van der Waals surface area (Å²) < 4.78 is 0. The molecule has 1 atom stereocenters. The highest BCUT2D eigenvalue weighted by molar-refractivity contribution is 5.97. The molecule has 0 aliphatic heterocycles. The number of nitrogens with zero attached hydrogens (tertiary/aromatic N) is 1. The van der Waals surface area contributed by atoms with E-state index in [1.807, 2.05) is 13.8 Å². The van der Waals surface area contributed by atoms with Crippen LogP contribution >= 0.6 is 0 Å². The minimum atomic E-state index is -0.847. The molecule has 18 heavy (non-hydrogen) atoms. The molecule has 1 heterocycles. The van der Waals surface area contributed by atoms with Gasteiger partial charge >= 0.3 is 0 Å². The van der Waals surface area contributed by atoms with Crippen molar-refractivity contribution in [2.24, 2.45) is 11.7 Å². The second-order valence-electron chi connectivity index (χ2n) is 5.21. The van der Waals surface area contributed by atoms with E-state index in [1.54, 1.807) is 25.3 Å². The van der Waals surface area contributed by atoms with Crippen molar-refractivity contribution in [2.45, 2.75) is 32.8 Å². The molecular formula is C13H21N3O2. The summed E-state index contributed by atoms with van der Waals surface area (Å²) in [6, 6.07) is 3.26. The zero-order valence-electron chi connectivity index (χ0n) is 11.1. The topological polar surface area (TPSA) is 88.2 Å². The maximum Gasteiger partial charge on any atom is 0.252 e. The Hall–Kier alpha value is -1.62. The number of hydrogen-bond donors (Lipinski definition) is 3. The van der Waals surface area contributed by atoms with Gasteiger partial charge in [-0.05, 0) is 31.4 Å². The third kappa shape index (κ3) is 4.33. The molecule has 1 aromatic heterocycles. The number of anilines is 1. The number of primary amides is 1. The first kappa shape index (κ1) is 14.4. The van der Waals surface area contributed by atoms with Gasteiger partial charge in [-0.15, -0.1) is 0 Å². The molecule has 0 aliphatic rings. The quantitative estimate of drug-likeness (QED) is 0.713. The average Bonchev–Trinajstić information content (AvgIpc) is 2.25. The van der Waals surface area contributed by atoms with Gasteiger partial charge in [-0.2, -0.15) is 0 Å². The number of hydrogen-bond acceptors (Lipinski definition) is 4. The average molecular weight is 251 g/mol. The van der Waals surface area contributed by atoms with Crippen molar-refractivity contribution in [1.29, 1.82) is 0 Å². The van der Waals surface area contributed by atoms with Gasteiger partial charge in [0.1, 0.15) is 5.82 Å². The van der Waals surface area contributed by atoms with Crippen LogP contribution in [-0.4, -0.2) is 28.1 Å². The van der Waals surface area contributed by atoms with Gasteiger partial charge in [0.25, 0.3) is 5.91 Å². The Morgan fingerprint density at radius 1 is 1.61 bits per heavy atom. The fourth-order valence-corrected chi connectivity index (χ4v) is 1.97. The third-order valence-corrected chi connectivity index (χ3v) is 2.56. The van der Waals surface area contributed by atoms with Crippen LogP contribution in [0.1, 0.15) is 37.6 Å². The molecule has 0 saturated heterocycles. The second-order valence-corrected chi connectivity index (χ2v) is 5.21. The van der Waals surface area contributed by atoms with Gasteiger partial charge in [-0.25, -0.2) is 4.98 Å². The number of nitrogens with two attached hydrogens (primary N) is 1. The predicted octanol–water partition coefficient (Wildman–Crippen LogP) is 1.39. The van der Waals surface area contributed by atoms with Gasteiger partial charge in [0.2, 0.25) is 0 Å². The minimum Gasteiger partial charge on any atom is -0.388 e. The van der Waals surface area contributed by atoms with Crippen molar-refractivity contribution in [3.05, 3.63) is 23.9 Å². The van der Waals surface area contributed by atoms with Gasteiger partial charge in [0.05, 0.1) is 11.2 Å². The summed E-state index contributed by atoms with van der Waals surface area (Å²) in [6.45, 7) is 6.17. The van der Waals surface area contributed by atoms with E-state index in [2.05, 4.69) is 10.3 Å². The van der Waals surface area contributed by atoms with E-state index in [-0.39, 0.29) is 0 Å². The van der Waals surface area contributed by atoms with E-state index in [0.29, 0.717) is 30.3 Å². The van der Waals surface area contributed by atoms with Crippen molar-refractivity contribution >= 4 is 11.7 Å². The molecule has 100 valence electrons. The monoisotopic (exact) mass is 251 g/mol. The third-order valence-electron chi connectivity index (χ3n) is 2.56. The summed E-state index contributed by atoms with van der Waals surface area (Å²) in [4.78, 5) is 15.3. The first-order valence-electron chi connectivity index (χ1n) is 6.03. The van der Waals surface area contributed by atoms with Crippen LogP contribution in [-0.2, 0) is 0 Å². The Bertz CT molecular complexity index is 416. The lowest BCUT2D eigenvalue weighted by Gasteiger charge is -2.26. The summed E-state index contributed by atoms with van der Waals surface area (Å²) in [7, 11) is 0. The fraction of sp³-hybridized carbons (Fsp3) is 0.538. The van der Waals surface area contributed by atoms with Gasteiger partial charge < -0.3 is 16.2 Å². The normalized spacial score (nSPS) is 14.3. The predicted molar refractivity (Wildman–Crippen MR) is 71.3 cm³/mol. The maximum absolute atomic E-state index is 11.2. The zero-order valence-corrected chi connectivity index (χ0v) is 11.1. The highest BCUT2D eigenvalue weighted by Crippen LogP contribution is 2.18. The van der Waals surface area contributed by atoms with Gasteiger partial charge in [-0.1, -0.05) is 13.8 Å². The van der Waals surface area contributed by atoms with E-state index in [4.69, 9.17) is 5.73 Å². The van der Waals surface area contributed by atoms with E-state index in [1.165, 1.54) is 0 Å². The van der Waals surface area contributed by atoms with Crippen molar-refractivity contribution in [2.75, 3.05) is 11.9 Å². The molecule has 4 N–H and O–H groups in total. The molecule has 0 bridgehead atoms. The molecule has 0 spiro atoms. The first-order valence-corrected chi connectivity index (χ1v) is 6.03. The van der Waals surface area contributed by atoms with Gasteiger partial charge in [0.15, 0.2) is 0 Å². The van der Waals surface area contributed by atoms with Crippen LogP contribution in [0.25, 0.3) is 0 Å². The van der Waals surface area contributed by atoms with Crippen molar-refractivity contribution in [3.8, 4) is 0 Å². The maximum atomic E-state index is 11.2. The smallest absolute Gasteiger partial charge is 0.252 e. The summed E-state index contributed by atoms with van der Waals surface area (Å²) >= 11 is 0. The molecule has 1 amide bonds. The summed E-state index contributed by atoms with van der Waals surface area (Å²) in [6.07, 6.45) is 2.24. The SMILES string of the molecule is CC(C)CC(C)(O)CNc1ncccc1C(N)=O. The number of aromatic nitrogens is 1. The van der Waals surface area contributed by atoms with Crippen LogP contribution in [0.4, 0.5) is 5.82 Å². The zero-order chi connectivity index (χ0) is 13.8. The molecule has 1 unspecified atom stereocenters. The molecule has 5 heteroatoms. The Morgan fingerprint density at radius 3 is 2.83 bits per heavy atom. The molecule has 0 saturated carbocycles. The molecule has 0 aromatic carbocycles. The largest absolute Gasteiger partial charge is 0.388 e. The van der Waals surface area contributed by atoms with Crippen LogP contribution in [0.3, 0.4) is 0 Å². The molecule has 0 fully saturated rings. The molecule has 0 aliphatic carbocycles. The standard InChI is InChI=1S/C13H21N3O2/c1-9(2)7-13(3,18)8-16-12-10(11(14)17)5-4-6-15-12/h4-6,9,18H,7-8H2,1-3H3,(H2,14,17)(H,15,16).